The maximum atomic E-state index is 6.55. The molecule has 0 atom stereocenters. The van der Waals surface area contributed by atoms with E-state index in [4.69, 9.17) is 4.74 Å². The molecule has 30 heavy (non-hydrogen) atoms. The maximum Gasteiger partial charge on any atom is 0.132 e. The van der Waals surface area contributed by atoms with Gasteiger partial charge in [-0.15, -0.1) is 0 Å². The first-order valence-corrected chi connectivity index (χ1v) is 10.5. The van der Waals surface area contributed by atoms with Gasteiger partial charge in [-0.1, -0.05) is 72.8 Å². The van der Waals surface area contributed by atoms with E-state index in [0.29, 0.717) is 0 Å². The first-order valence-electron chi connectivity index (χ1n) is 10.5. The molecule has 0 saturated carbocycles. The number of benzene rings is 4. The summed E-state index contributed by atoms with van der Waals surface area (Å²) >= 11 is 0. The Bertz CT molecular complexity index is 1140. The Hall–Kier alpha value is -3.32. The van der Waals surface area contributed by atoms with Crippen molar-refractivity contribution >= 4 is 0 Å². The lowest BCUT2D eigenvalue weighted by Gasteiger charge is -2.42. The van der Waals surface area contributed by atoms with Gasteiger partial charge in [0.25, 0.3) is 0 Å². The average molecular weight is 391 g/mol. The summed E-state index contributed by atoms with van der Waals surface area (Å²) < 4.78 is 6.55. The largest absolute Gasteiger partial charge is 0.457 e. The summed E-state index contributed by atoms with van der Waals surface area (Å²) in [4.78, 5) is 0. The van der Waals surface area contributed by atoms with Gasteiger partial charge in [0.2, 0.25) is 0 Å². The fourth-order valence-electron chi connectivity index (χ4n) is 4.76. The second-order valence-corrected chi connectivity index (χ2v) is 8.45. The summed E-state index contributed by atoms with van der Waals surface area (Å²) in [5, 5.41) is 0. The summed E-state index contributed by atoms with van der Waals surface area (Å²) in [6, 6.07) is 30.7. The van der Waals surface area contributed by atoms with Crippen molar-refractivity contribution in [1.82, 2.24) is 0 Å². The normalized spacial score (nSPS) is 13.9. The third-order valence-corrected chi connectivity index (χ3v) is 6.63. The Morgan fingerprint density at radius 3 is 1.27 bits per heavy atom. The third kappa shape index (κ3) is 2.62. The minimum atomic E-state index is -0.428. The molecular weight excluding hydrogens is 364 g/mol. The van der Waals surface area contributed by atoms with E-state index < -0.39 is 5.41 Å². The Morgan fingerprint density at radius 1 is 0.500 bits per heavy atom. The third-order valence-electron chi connectivity index (χ3n) is 6.63. The molecule has 1 heterocycles. The van der Waals surface area contributed by atoms with Crippen LogP contribution in [0.4, 0.5) is 0 Å². The Kier molecular flexibility index (Phi) is 4.29. The van der Waals surface area contributed by atoms with Gasteiger partial charge in [-0.05, 0) is 73.2 Å². The van der Waals surface area contributed by atoms with Crippen LogP contribution in [-0.4, -0.2) is 0 Å². The lowest BCUT2D eigenvalue weighted by Crippen LogP contribution is -2.34. The van der Waals surface area contributed by atoms with Crippen LogP contribution in [0, 0.1) is 27.7 Å². The van der Waals surface area contributed by atoms with E-state index in [1.807, 2.05) is 0 Å². The predicted octanol–water partition coefficient (Wildman–Crippen LogP) is 7.41. The van der Waals surface area contributed by atoms with Crippen molar-refractivity contribution in [3.8, 4) is 11.5 Å². The molecule has 1 aliphatic rings. The van der Waals surface area contributed by atoms with Gasteiger partial charge in [-0.2, -0.15) is 0 Å². The zero-order valence-electron chi connectivity index (χ0n) is 18.0. The first-order chi connectivity index (χ1) is 14.5. The summed E-state index contributed by atoms with van der Waals surface area (Å²) in [5.41, 5.74) is 9.55. The molecule has 4 aromatic carbocycles. The summed E-state index contributed by atoms with van der Waals surface area (Å²) in [6.07, 6.45) is 0. The highest BCUT2D eigenvalue weighted by Crippen LogP contribution is 2.56. The van der Waals surface area contributed by atoms with Gasteiger partial charge < -0.3 is 4.74 Å². The van der Waals surface area contributed by atoms with Gasteiger partial charge in [0.05, 0.1) is 5.41 Å². The molecule has 0 saturated heterocycles. The van der Waals surface area contributed by atoms with Crippen LogP contribution in [0.25, 0.3) is 0 Å². The predicted molar refractivity (Wildman–Crippen MR) is 124 cm³/mol. The van der Waals surface area contributed by atoms with E-state index in [-0.39, 0.29) is 0 Å². The molecule has 4 aromatic rings. The number of aryl methyl sites for hydroxylation is 4. The lowest BCUT2D eigenvalue weighted by atomic mass is 9.63. The molecule has 0 aliphatic carbocycles. The molecule has 148 valence electrons. The van der Waals surface area contributed by atoms with Crippen LogP contribution in [0.15, 0.2) is 84.9 Å². The van der Waals surface area contributed by atoms with Gasteiger partial charge in [-0.3, -0.25) is 0 Å². The summed E-state index contributed by atoms with van der Waals surface area (Å²) in [7, 11) is 0. The number of hydrogen-bond acceptors (Lipinski definition) is 1. The molecule has 0 bridgehead atoms. The van der Waals surface area contributed by atoms with Crippen molar-refractivity contribution in [2.75, 3.05) is 0 Å². The first kappa shape index (κ1) is 18.7. The molecule has 1 nitrogen and oxygen atoms in total. The zero-order valence-corrected chi connectivity index (χ0v) is 18.0. The van der Waals surface area contributed by atoms with E-state index in [1.165, 1.54) is 44.5 Å². The Morgan fingerprint density at radius 2 is 0.867 bits per heavy atom. The SMILES string of the molecule is Cc1cc2c(cc1C)C(c1ccccc1)(c1ccccc1)c1cc(C)c(C)cc1O2. The fourth-order valence-corrected chi connectivity index (χ4v) is 4.76. The summed E-state index contributed by atoms with van der Waals surface area (Å²) in [5.74, 6) is 1.89. The minimum Gasteiger partial charge on any atom is -0.457 e. The van der Waals surface area contributed by atoms with Crippen LogP contribution in [0.1, 0.15) is 44.5 Å². The van der Waals surface area contributed by atoms with E-state index in [1.54, 1.807) is 0 Å². The van der Waals surface area contributed by atoms with Crippen LogP contribution < -0.4 is 4.74 Å². The van der Waals surface area contributed by atoms with Gasteiger partial charge in [0.1, 0.15) is 11.5 Å². The van der Waals surface area contributed by atoms with E-state index in [2.05, 4.69) is 113 Å². The molecule has 0 spiro atoms. The van der Waals surface area contributed by atoms with E-state index in [9.17, 15) is 0 Å². The Balaban J connectivity index is 2.00. The molecule has 0 N–H and O–H groups in total. The van der Waals surface area contributed by atoms with Crippen LogP contribution in [0.2, 0.25) is 0 Å². The van der Waals surface area contributed by atoms with Gasteiger partial charge in [0.15, 0.2) is 0 Å². The maximum absolute atomic E-state index is 6.55. The van der Waals surface area contributed by atoms with Crippen molar-refractivity contribution in [3.63, 3.8) is 0 Å². The Labute approximate surface area is 179 Å². The molecule has 1 aliphatic heterocycles. The molecule has 0 amide bonds. The topological polar surface area (TPSA) is 9.23 Å². The monoisotopic (exact) mass is 390 g/mol. The van der Waals surface area contributed by atoms with E-state index >= 15 is 0 Å². The number of ether oxygens (including phenoxy) is 1. The number of hydrogen-bond donors (Lipinski definition) is 0. The van der Waals surface area contributed by atoms with Gasteiger partial charge in [0, 0.05) is 11.1 Å². The minimum absolute atomic E-state index is 0.428. The molecular formula is C29H26O. The van der Waals surface area contributed by atoms with Crippen molar-refractivity contribution in [3.05, 3.63) is 129 Å². The standard InChI is InChI=1S/C29H26O/c1-19-15-25-27(17-21(19)3)30-28-18-22(4)20(2)16-26(28)29(25,23-11-7-5-8-12-23)24-13-9-6-10-14-24/h5-18H,1-4H3. The highest BCUT2D eigenvalue weighted by Gasteiger charge is 2.45. The lowest BCUT2D eigenvalue weighted by molar-refractivity contribution is 0.433. The van der Waals surface area contributed by atoms with Crippen molar-refractivity contribution in [2.24, 2.45) is 0 Å². The van der Waals surface area contributed by atoms with Crippen LogP contribution in [-0.2, 0) is 5.41 Å². The second-order valence-electron chi connectivity index (χ2n) is 8.45. The molecule has 1 heteroatoms. The van der Waals surface area contributed by atoms with Crippen LogP contribution in [0.3, 0.4) is 0 Å². The van der Waals surface area contributed by atoms with Crippen LogP contribution >= 0.6 is 0 Å². The number of fused-ring (bicyclic) bond motifs is 2. The zero-order chi connectivity index (χ0) is 20.9. The number of rotatable bonds is 2. The van der Waals surface area contributed by atoms with Crippen molar-refractivity contribution in [2.45, 2.75) is 33.1 Å². The van der Waals surface area contributed by atoms with Crippen molar-refractivity contribution in [1.29, 1.82) is 0 Å². The smallest absolute Gasteiger partial charge is 0.132 e. The quantitative estimate of drug-likeness (QED) is 0.305. The molecule has 0 radical (unpaired) electrons. The van der Waals surface area contributed by atoms with Gasteiger partial charge >= 0.3 is 0 Å². The molecule has 0 unspecified atom stereocenters. The fraction of sp³-hybridized carbons (Fsp3) is 0.172. The molecule has 5 rings (SSSR count). The van der Waals surface area contributed by atoms with E-state index in [0.717, 1.165) is 11.5 Å². The van der Waals surface area contributed by atoms with Crippen molar-refractivity contribution < 1.29 is 4.74 Å². The molecule has 0 aromatic heterocycles. The highest BCUT2D eigenvalue weighted by atomic mass is 16.5. The average Bonchev–Trinajstić information content (AvgIpc) is 2.76. The van der Waals surface area contributed by atoms with Gasteiger partial charge in [-0.25, -0.2) is 0 Å². The van der Waals surface area contributed by atoms with Crippen LogP contribution in [0.5, 0.6) is 11.5 Å². The summed E-state index contributed by atoms with van der Waals surface area (Å²) in [6.45, 7) is 8.68. The molecule has 0 fully saturated rings. The second kappa shape index (κ2) is 6.88. The highest BCUT2D eigenvalue weighted by molar-refractivity contribution is 5.70.